The molecule has 3 unspecified atom stereocenters. The highest BCUT2D eigenvalue weighted by Gasteiger charge is 2.40. The second kappa shape index (κ2) is 7.79. The van der Waals surface area contributed by atoms with Gasteiger partial charge in [-0.05, 0) is 61.8 Å². The van der Waals surface area contributed by atoms with Crippen LogP contribution in [-0.2, 0) is 4.79 Å². The Bertz CT molecular complexity index is 812. The number of anilines is 1. The van der Waals surface area contributed by atoms with Crippen molar-refractivity contribution in [2.24, 2.45) is 17.8 Å². The van der Waals surface area contributed by atoms with Gasteiger partial charge in [0.1, 0.15) is 0 Å². The molecule has 2 N–H and O–H groups in total. The number of hydrogen-bond donors (Lipinski definition) is 2. The number of amides is 1. The Labute approximate surface area is 176 Å². The van der Waals surface area contributed by atoms with Gasteiger partial charge in [-0.1, -0.05) is 39.0 Å². The second-order valence-corrected chi connectivity index (χ2v) is 9.95. The zero-order valence-corrected chi connectivity index (χ0v) is 18.8. The third kappa shape index (κ3) is 3.50. The third-order valence-electron chi connectivity index (χ3n) is 7.60. The number of carbonyl (C=O) groups is 1. The summed E-state index contributed by atoms with van der Waals surface area (Å²) >= 11 is 0. The number of benzene rings is 1. The molecule has 2 aliphatic heterocycles. The van der Waals surface area contributed by atoms with E-state index in [9.17, 15) is 4.79 Å². The van der Waals surface area contributed by atoms with Crippen LogP contribution in [0.3, 0.4) is 0 Å². The van der Waals surface area contributed by atoms with E-state index < -0.39 is 0 Å². The van der Waals surface area contributed by atoms with Gasteiger partial charge in [-0.15, -0.1) is 0 Å². The Morgan fingerprint density at radius 3 is 2.55 bits per heavy atom. The molecule has 0 fully saturated rings. The first-order valence-corrected chi connectivity index (χ1v) is 11.4. The van der Waals surface area contributed by atoms with Gasteiger partial charge in [0.2, 0.25) is 5.91 Å². The van der Waals surface area contributed by atoms with Gasteiger partial charge in [0.05, 0.1) is 5.92 Å². The van der Waals surface area contributed by atoms with E-state index in [0.717, 1.165) is 19.5 Å². The van der Waals surface area contributed by atoms with Crippen molar-refractivity contribution in [3.8, 4) is 0 Å². The number of rotatable bonds is 5. The fourth-order valence-electron chi connectivity index (χ4n) is 5.58. The van der Waals surface area contributed by atoms with Crippen molar-refractivity contribution in [1.82, 2.24) is 10.2 Å². The molecule has 158 valence electrons. The van der Waals surface area contributed by atoms with E-state index in [1.54, 1.807) is 0 Å². The molecule has 4 rings (SSSR count). The molecule has 0 bridgehead atoms. The van der Waals surface area contributed by atoms with Crippen molar-refractivity contribution < 1.29 is 4.79 Å². The summed E-state index contributed by atoms with van der Waals surface area (Å²) in [5, 5.41) is 7.29. The Hall–Kier alpha value is -1.81. The molecule has 1 aliphatic carbocycles. The first-order valence-electron chi connectivity index (χ1n) is 11.4. The molecule has 0 spiro atoms. The third-order valence-corrected chi connectivity index (χ3v) is 7.60. The van der Waals surface area contributed by atoms with E-state index in [4.69, 9.17) is 0 Å². The lowest BCUT2D eigenvalue weighted by molar-refractivity contribution is -0.139. The molecule has 1 aromatic carbocycles. The summed E-state index contributed by atoms with van der Waals surface area (Å²) in [4.78, 5) is 15.8. The summed E-state index contributed by atoms with van der Waals surface area (Å²) in [5.74, 6) is 1.79. The molecular weight excluding hydrogens is 358 g/mol. The highest BCUT2D eigenvalue weighted by atomic mass is 16.2. The van der Waals surface area contributed by atoms with Crippen molar-refractivity contribution in [1.29, 1.82) is 0 Å². The number of fused-ring (bicyclic) bond motifs is 2. The lowest BCUT2D eigenvalue weighted by atomic mass is 9.75. The summed E-state index contributed by atoms with van der Waals surface area (Å²) in [6.07, 6.45) is 3.41. The molecule has 3 aliphatic rings. The van der Waals surface area contributed by atoms with Gasteiger partial charge in [0.15, 0.2) is 0 Å². The molecule has 4 nitrogen and oxygen atoms in total. The van der Waals surface area contributed by atoms with Crippen LogP contribution < -0.4 is 10.6 Å². The highest BCUT2D eigenvalue weighted by molar-refractivity contribution is 5.88. The summed E-state index contributed by atoms with van der Waals surface area (Å²) in [6.45, 7) is 15.1. The van der Waals surface area contributed by atoms with Crippen molar-refractivity contribution in [2.45, 2.75) is 72.0 Å². The maximum Gasteiger partial charge on any atom is 0.231 e. The fraction of sp³-hybridized carbons (Fsp3) is 0.640. The van der Waals surface area contributed by atoms with E-state index in [1.807, 2.05) is 0 Å². The smallest absolute Gasteiger partial charge is 0.231 e. The molecule has 0 saturated carbocycles. The van der Waals surface area contributed by atoms with Gasteiger partial charge in [-0.25, -0.2) is 0 Å². The molecule has 2 heterocycles. The lowest BCUT2D eigenvalue weighted by Gasteiger charge is -2.42. The van der Waals surface area contributed by atoms with Crippen molar-refractivity contribution in [3.05, 3.63) is 35.4 Å². The number of nitrogens with one attached hydrogen (secondary N) is 2. The quantitative estimate of drug-likeness (QED) is 0.772. The van der Waals surface area contributed by atoms with Crippen LogP contribution >= 0.6 is 0 Å². The summed E-state index contributed by atoms with van der Waals surface area (Å²) in [7, 11) is 0. The normalized spacial score (nSPS) is 27.0. The van der Waals surface area contributed by atoms with Gasteiger partial charge >= 0.3 is 0 Å². The molecule has 4 heteroatoms. The van der Waals surface area contributed by atoms with Crippen LogP contribution in [0.25, 0.3) is 5.57 Å². The van der Waals surface area contributed by atoms with Gasteiger partial charge in [-0.2, -0.15) is 0 Å². The highest BCUT2D eigenvalue weighted by Crippen LogP contribution is 2.46. The largest absolute Gasteiger partial charge is 0.384 e. The minimum absolute atomic E-state index is 0.0905. The minimum atomic E-state index is -0.0905. The zero-order chi connectivity index (χ0) is 20.9. The van der Waals surface area contributed by atoms with Crippen LogP contribution in [-0.4, -0.2) is 42.0 Å². The number of nitrogens with zero attached hydrogens (tertiary/aromatic N) is 1. The topological polar surface area (TPSA) is 44.4 Å². The zero-order valence-electron chi connectivity index (χ0n) is 18.8. The first-order chi connectivity index (χ1) is 13.8. The minimum Gasteiger partial charge on any atom is -0.384 e. The molecule has 0 radical (unpaired) electrons. The maximum atomic E-state index is 13.7. The molecule has 5 atom stereocenters. The molecule has 0 aromatic heterocycles. The standard InChI is InChI=1S/C25H37N3O/c1-14(2)16(5)17(6)28(15(3)4)25(29)19-10-21-20-8-7-9-22-24(20)18(12-26-22)11-23(21)27-13-19/h7-10,14-19,23,26-27H,11-13H2,1-6H3/t16?,17?,18?,19-,23-/m1/s1. The summed E-state index contributed by atoms with van der Waals surface area (Å²) in [5.41, 5.74) is 5.43. The van der Waals surface area contributed by atoms with Crippen molar-refractivity contribution in [3.63, 3.8) is 0 Å². The van der Waals surface area contributed by atoms with Gasteiger partial charge in [0.25, 0.3) is 0 Å². The van der Waals surface area contributed by atoms with Gasteiger partial charge < -0.3 is 15.5 Å². The van der Waals surface area contributed by atoms with Gasteiger partial charge in [-0.3, -0.25) is 4.79 Å². The van der Waals surface area contributed by atoms with E-state index in [2.05, 4.69) is 81.4 Å². The van der Waals surface area contributed by atoms with Gasteiger partial charge in [0, 0.05) is 42.8 Å². The molecule has 1 aromatic rings. The SMILES string of the molecule is CC(C)C(C)C(C)N(C(=O)[C@@H]1C=C2c3cccc4c3C(CN4)C[C@H]2NC1)C(C)C. The van der Waals surface area contributed by atoms with E-state index in [0.29, 0.717) is 23.8 Å². The van der Waals surface area contributed by atoms with E-state index in [1.165, 1.54) is 22.4 Å². The summed E-state index contributed by atoms with van der Waals surface area (Å²) in [6, 6.07) is 7.38. The van der Waals surface area contributed by atoms with Crippen LogP contribution in [0.2, 0.25) is 0 Å². The predicted molar refractivity (Wildman–Crippen MR) is 121 cm³/mol. The lowest BCUT2D eigenvalue weighted by Crippen LogP contribution is -2.53. The average molecular weight is 396 g/mol. The van der Waals surface area contributed by atoms with Crippen LogP contribution in [0, 0.1) is 17.8 Å². The molecule has 29 heavy (non-hydrogen) atoms. The Morgan fingerprint density at radius 2 is 1.86 bits per heavy atom. The van der Waals surface area contributed by atoms with E-state index >= 15 is 0 Å². The Morgan fingerprint density at radius 1 is 1.10 bits per heavy atom. The van der Waals surface area contributed by atoms with Crippen molar-refractivity contribution in [2.75, 3.05) is 18.4 Å². The summed E-state index contributed by atoms with van der Waals surface area (Å²) < 4.78 is 0. The molecule has 1 amide bonds. The van der Waals surface area contributed by atoms with Crippen LogP contribution in [0.5, 0.6) is 0 Å². The average Bonchev–Trinajstić information content (AvgIpc) is 3.11. The molecular formula is C25H37N3O. The number of carbonyl (C=O) groups excluding carboxylic acids is 1. The van der Waals surface area contributed by atoms with Crippen molar-refractivity contribution >= 4 is 17.2 Å². The maximum absolute atomic E-state index is 13.7. The fourth-order valence-corrected chi connectivity index (χ4v) is 5.58. The van der Waals surface area contributed by atoms with Crippen LogP contribution in [0.15, 0.2) is 24.3 Å². The number of hydrogen-bond acceptors (Lipinski definition) is 3. The predicted octanol–water partition coefficient (Wildman–Crippen LogP) is 4.49. The Kier molecular flexibility index (Phi) is 5.50. The van der Waals surface area contributed by atoms with Crippen LogP contribution in [0.1, 0.15) is 65.0 Å². The monoisotopic (exact) mass is 395 g/mol. The van der Waals surface area contributed by atoms with Crippen LogP contribution in [0.4, 0.5) is 5.69 Å². The molecule has 0 saturated heterocycles. The Balaban J connectivity index is 1.65. The second-order valence-electron chi connectivity index (χ2n) is 9.95. The first kappa shape index (κ1) is 20.5. The van der Waals surface area contributed by atoms with E-state index in [-0.39, 0.29) is 23.9 Å².